The summed E-state index contributed by atoms with van der Waals surface area (Å²) in [4.78, 5) is 0. The standard InChI is InChI=1S/C12H22/c1-11(2,3)8-9-7-10(9)12(4,5)6/h8,10H,7H2,1-6H3/b9-8+. The molecular weight excluding hydrogens is 144 g/mol. The van der Waals surface area contributed by atoms with E-state index in [4.69, 9.17) is 0 Å². The van der Waals surface area contributed by atoms with E-state index in [-0.39, 0.29) is 0 Å². The van der Waals surface area contributed by atoms with E-state index in [2.05, 4.69) is 47.6 Å². The molecule has 0 aliphatic heterocycles. The molecule has 0 saturated heterocycles. The van der Waals surface area contributed by atoms with Gasteiger partial charge in [0.05, 0.1) is 0 Å². The Hall–Kier alpha value is -0.260. The Labute approximate surface area is 77.1 Å². The predicted octanol–water partition coefficient (Wildman–Crippen LogP) is 4.02. The van der Waals surface area contributed by atoms with Crippen LogP contribution in [0.25, 0.3) is 0 Å². The molecular formula is C12H22. The van der Waals surface area contributed by atoms with Crippen LogP contribution in [-0.4, -0.2) is 0 Å². The zero-order chi connectivity index (χ0) is 9.57. The van der Waals surface area contributed by atoms with Crippen LogP contribution in [0.4, 0.5) is 0 Å². The molecule has 0 nitrogen and oxygen atoms in total. The molecule has 1 unspecified atom stereocenters. The van der Waals surface area contributed by atoms with Crippen molar-refractivity contribution in [1.82, 2.24) is 0 Å². The molecule has 1 rings (SSSR count). The fourth-order valence-electron chi connectivity index (χ4n) is 1.75. The molecule has 1 aliphatic rings. The molecule has 0 bridgehead atoms. The zero-order valence-electron chi connectivity index (χ0n) is 9.36. The minimum Gasteiger partial charge on any atom is -0.0796 e. The van der Waals surface area contributed by atoms with Gasteiger partial charge in [0.1, 0.15) is 0 Å². The minimum atomic E-state index is 0.370. The van der Waals surface area contributed by atoms with E-state index in [0.29, 0.717) is 10.8 Å². The van der Waals surface area contributed by atoms with E-state index in [9.17, 15) is 0 Å². The fourth-order valence-corrected chi connectivity index (χ4v) is 1.75. The lowest BCUT2D eigenvalue weighted by Gasteiger charge is -2.17. The quantitative estimate of drug-likeness (QED) is 0.477. The molecule has 0 aromatic rings. The van der Waals surface area contributed by atoms with Crippen LogP contribution >= 0.6 is 0 Å². The zero-order valence-corrected chi connectivity index (χ0v) is 9.36. The van der Waals surface area contributed by atoms with Crippen molar-refractivity contribution in [3.8, 4) is 0 Å². The molecule has 1 saturated carbocycles. The number of hydrogen-bond donors (Lipinski definition) is 0. The van der Waals surface area contributed by atoms with E-state index in [1.165, 1.54) is 6.42 Å². The first-order valence-electron chi connectivity index (χ1n) is 4.92. The summed E-state index contributed by atoms with van der Waals surface area (Å²) in [6, 6.07) is 0. The second-order valence-electron chi connectivity index (χ2n) is 6.21. The summed E-state index contributed by atoms with van der Waals surface area (Å²) in [5.41, 5.74) is 2.53. The van der Waals surface area contributed by atoms with Crippen molar-refractivity contribution in [2.24, 2.45) is 16.7 Å². The molecule has 0 aromatic heterocycles. The third-order valence-electron chi connectivity index (χ3n) is 2.39. The molecule has 1 atom stereocenters. The highest BCUT2D eigenvalue weighted by atomic mass is 14.4. The summed E-state index contributed by atoms with van der Waals surface area (Å²) in [5.74, 6) is 0.858. The first-order valence-corrected chi connectivity index (χ1v) is 4.92. The Bertz CT molecular complexity index is 195. The third kappa shape index (κ3) is 2.66. The van der Waals surface area contributed by atoms with Gasteiger partial charge in [-0.3, -0.25) is 0 Å². The van der Waals surface area contributed by atoms with Gasteiger partial charge in [-0.05, 0) is 23.2 Å². The van der Waals surface area contributed by atoms with E-state index >= 15 is 0 Å². The fraction of sp³-hybridized carbons (Fsp3) is 0.833. The van der Waals surface area contributed by atoms with Gasteiger partial charge in [-0.25, -0.2) is 0 Å². The lowest BCUT2D eigenvalue weighted by Crippen LogP contribution is -2.08. The van der Waals surface area contributed by atoms with Gasteiger partial charge >= 0.3 is 0 Å². The van der Waals surface area contributed by atoms with E-state index in [0.717, 1.165) is 5.92 Å². The van der Waals surface area contributed by atoms with Crippen LogP contribution in [0.1, 0.15) is 48.0 Å². The predicted molar refractivity (Wildman–Crippen MR) is 55.1 cm³/mol. The van der Waals surface area contributed by atoms with Gasteiger partial charge in [-0.2, -0.15) is 0 Å². The largest absolute Gasteiger partial charge is 0.0796 e. The molecule has 0 heteroatoms. The van der Waals surface area contributed by atoms with Crippen molar-refractivity contribution in [1.29, 1.82) is 0 Å². The molecule has 0 amide bonds. The summed E-state index contributed by atoms with van der Waals surface area (Å²) in [5, 5.41) is 0. The number of rotatable bonds is 0. The maximum atomic E-state index is 2.45. The molecule has 0 radical (unpaired) electrons. The van der Waals surface area contributed by atoms with Gasteiger partial charge in [-0.1, -0.05) is 53.2 Å². The molecule has 0 spiro atoms. The van der Waals surface area contributed by atoms with Crippen molar-refractivity contribution in [3.63, 3.8) is 0 Å². The first-order chi connectivity index (χ1) is 5.20. The normalized spacial score (nSPS) is 27.8. The second kappa shape index (κ2) is 2.61. The maximum absolute atomic E-state index is 2.45. The van der Waals surface area contributed by atoms with E-state index in [1.807, 2.05) is 0 Å². The van der Waals surface area contributed by atoms with Crippen molar-refractivity contribution >= 4 is 0 Å². The van der Waals surface area contributed by atoms with Crippen LogP contribution in [0.2, 0.25) is 0 Å². The monoisotopic (exact) mass is 166 g/mol. The van der Waals surface area contributed by atoms with Crippen LogP contribution < -0.4 is 0 Å². The van der Waals surface area contributed by atoms with Crippen molar-refractivity contribution < 1.29 is 0 Å². The number of hydrogen-bond acceptors (Lipinski definition) is 0. The Morgan fingerprint density at radius 1 is 1.08 bits per heavy atom. The molecule has 70 valence electrons. The summed E-state index contributed by atoms with van der Waals surface area (Å²) < 4.78 is 0. The average Bonchev–Trinajstić information content (AvgIpc) is 2.37. The van der Waals surface area contributed by atoms with E-state index in [1.54, 1.807) is 5.57 Å². The Balaban J connectivity index is 2.59. The topological polar surface area (TPSA) is 0 Å². The lowest BCUT2D eigenvalue weighted by molar-refractivity contribution is 0.362. The molecule has 1 aliphatic carbocycles. The Morgan fingerprint density at radius 3 is 1.83 bits per heavy atom. The second-order valence-corrected chi connectivity index (χ2v) is 6.21. The molecule has 0 N–H and O–H groups in total. The van der Waals surface area contributed by atoms with Crippen molar-refractivity contribution in [2.45, 2.75) is 48.0 Å². The van der Waals surface area contributed by atoms with Crippen LogP contribution in [0.15, 0.2) is 11.6 Å². The van der Waals surface area contributed by atoms with Gasteiger partial charge in [-0.15, -0.1) is 0 Å². The van der Waals surface area contributed by atoms with Crippen LogP contribution in [0.5, 0.6) is 0 Å². The number of allylic oxidation sites excluding steroid dienone is 2. The lowest BCUT2D eigenvalue weighted by atomic mass is 9.88. The highest BCUT2D eigenvalue weighted by molar-refractivity contribution is 5.27. The molecule has 0 heterocycles. The van der Waals surface area contributed by atoms with Gasteiger partial charge < -0.3 is 0 Å². The van der Waals surface area contributed by atoms with Crippen LogP contribution in [0, 0.1) is 16.7 Å². The Morgan fingerprint density at radius 2 is 1.58 bits per heavy atom. The van der Waals surface area contributed by atoms with E-state index < -0.39 is 0 Å². The highest BCUT2D eigenvalue weighted by Gasteiger charge is 2.39. The molecule has 1 fully saturated rings. The van der Waals surface area contributed by atoms with Gasteiger partial charge in [0.25, 0.3) is 0 Å². The van der Waals surface area contributed by atoms with Gasteiger partial charge in [0.2, 0.25) is 0 Å². The van der Waals surface area contributed by atoms with Crippen LogP contribution in [0.3, 0.4) is 0 Å². The summed E-state index contributed by atoms with van der Waals surface area (Å²) in [6.45, 7) is 13.8. The summed E-state index contributed by atoms with van der Waals surface area (Å²) in [7, 11) is 0. The summed E-state index contributed by atoms with van der Waals surface area (Å²) in [6.07, 6.45) is 3.78. The van der Waals surface area contributed by atoms with Crippen LogP contribution in [-0.2, 0) is 0 Å². The Kier molecular flexibility index (Phi) is 2.14. The van der Waals surface area contributed by atoms with Crippen molar-refractivity contribution in [2.75, 3.05) is 0 Å². The van der Waals surface area contributed by atoms with Gasteiger partial charge in [0, 0.05) is 0 Å². The maximum Gasteiger partial charge on any atom is -0.0117 e. The average molecular weight is 166 g/mol. The van der Waals surface area contributed by atoms with Crippen molar-refractivity contribution in [3.05, 3.63) is 11.6 Å². The first kappa shape index (κ1) is 9.83. The SMILES string of the molecule is CC(C)(C)/C=C1\CC1C(C)(C)C. The molecule has 0 aromatic carbocycles. The van der Waals surface area contributed by atoms with Gasteiger partial charge in [0.15, 0.2) is 0 Å². The summed E-state index contributed by atoms with van der Waals surface area (Å²) >= 11 is 0. The highest BCUT2D eigenvalue weighted by Crippen LogP contribution is 2.51. The third-order valence-corrected chi connectivity index (χ3v) is 2.39. The minimum absolute atomic E-state index is 0.370. The smallest absolute Gasteiger partial charge is 0.0117 e. The molecule has 12 heavy (non-hydrogen) atoms.